The van der Waals surface area contributed by atoms with Gasteiger partial charge >= 0.3 is 0 Å². The minimum atomic E-state index is -0.569. The minimum Gasteiger partial charge on any atom is -0.497 e. The van der Waals surface area contributed by atoms with Gasteiger partial charge in [-0.05, 0) is 12.1 Å². The number of benzene rings is 1. The Morgan fingerprint density at radius 1 is 1.26 bits per heavy atom. The third kappa shape index (κ3) is 4.32. The van der Waals surface area contributed by atoms with E-state index >= 15 is 0 Å². The van der Waals surface area contributed by atoms with Gasteiger partial charge in [-0.25, -0.2) is 0 Å². The first-order valence-electron chi connectivity index (χ1n) is 10.7. The van der Waals surface area contributed by atoms with Gasteiger partial charge in [-0.2, -0.15) is 0 Å². The molecule has 2 fully saturated rings. The first-order chi connectivity index (χ1) is 14.9. The summed E-state index contributed by atoms with van der Waals surface area (Å²) in [6, 6.07) is 5.17. The molecule has 0 radical (unpaired) electrons. The first kappa shape index (κ1) is 21.4. The lowest BCUT2D eigenvalue weighted by Crippen LogP contribution is -2.55. The van der Waals surface area contributed by atoms with Crippen molar-refractivity contribution >= 4 is 17.7 Å². The molecule has 0 saturated carbocycles. The molecule has 9 heteroatoms. The summed E-state index contributed by atoms with van der Waals surface area (Å²) in [5.74, 6) is 0.670. The van der Waals surface area contributed by atoms with Crippen LogP contribution in [0.4, 0.5) is 0 Å². The highest BCUT2D eigenvalue weighted by atomic mass is 16.5. The third-order valence-electron chi connectivity index (χ3n) is 6.45. The summed E-state index contributed by atoms with van der Waals surface area (Å²) in [5.41, 5.74) is -0.0862. The molecule has 0 aromatic heterocycles. The number of hydrogen-bond donors (Lipinski definition) is 1. The third-order valence-corrected chi connectivity index (χ3v) is 6.45. The molecule has 0 aliphatic carbocycles. The van der Waals surface area contributed by atoms with Crippen molar-refractivity contribution < 1.29 is 28.6 Å². The summed E-state index contributed by atoms with van der Waals surface area (Å²) in [4.78, 5) is 41.2. The standard InChI is InChI=1S/C22H29N3O6/c1-29-10-9-25-13-15(11-19(25)26)21(28)24-7-5-22(6-8-24)14-23-20(27)17-4-3-16(30-2)12-18(17)31-22/h3-4,12,15H,5-11,13-14H2,1-2H3,(H,23,27). The Kier molecular flexibility index (Phi) is 6.04. The van der Waals surface area contributed by atoms with Gasteiger partial charge in [0.15, 0.2) is 0 Å². The van der Waals surface area contributed by atoms with Gasteiger partial charge in [0.05, 0.1) is 31.7 Å². The topological polar surface area (TPSA) is 97.4 Å². The number of methoxy groups -OCH3 is 2. The van der Waals surface area contributed by atoms with Crippen LogP contribution in [0, 0.1) is 5.92 Å². The second-order valence-electron chi connectivity index (χ2n) is 8.39. The van der Waals surface area contributed by atoms with Crippen LogP contribution in [0.5, 0.6) is 11.5 Å². The van der Waals surface area contributed by atoms with Crippen molar-refractivity contribution in [1.29, 1.82) is 0 Å². The molecule has 1 aromatic rings. The summed E-state index contributed by atoms with van der Waals surface area (Å²) >= 11 is 0. The van der Waals surface area contributed by atoms with Crippen LogP contribution >= 0.6 is 0 Å². The van der Waals surface area contributed by atoms with Crippen LogP contribution in [-0.2, 0) is 14.3 Å². The predicted octanol–water partition coefficient (Wildman–Crippen LogP) is 0.674. The highest BCUT2D eigenvalue weighted by Gasteiger charge is 2.43. The summed E-state index contributed by atoms with van der Waals surface area (Å²) in [6.45, 7) is 2.86. The molecule has 3 heterocycles. The number of nitrogens with one attached hydrogen (secondary N) is 1. The second kappa shape index (κ2) is 8.74. The van der Waals surface area contributed by atoms with E-state index in [0.717, 1.165) is 0 Å². The molecule has 168 valence electrons. The summed E-state index contributed by atoms with van der Waals surface area (Å²) in [7, 11) is 3.17. The largest absolute Gasteiger partial charge is 0.497 e. The Hall–Kier alpha value is -2.81. The zero-order valence-electron chi connectivity index (χ0n) is 18.0. The highest BCUT2D eigenvalue weighted by molar-refractivity contribution is 5.97. The number of ether oxygens (including phenoxy) is 3. The van der Waals surface area contributed by atoms with Crippen molar-refractivity contribution in [3.8, 4) is 11.5 Å². The molecule has 1 spiro atoms. The van der Waals surface area contributed by atoms with E-state index in [-0.39, 0.29) is 30.1 Å². The molecule has 1 atom stereocenters. The van der Waals surface area contributed by atoms with E-state index in [1.165, 1.54) is 0 Å². The Labute approximate surface area is 181 Å². The van der Waals surface area contributed by atoms with Gasteiger partial charge in [0.2, 0.25) is 11.8 Å². The van der Waals surface area contributed by atoms with Gasteiger partial charge in [0, 0.05) is 58.6 Å². The zero-order valence-corrected chi connectivity index (χ0v) is 18.0. The Bertz CT molecular complexity index is 865. The quantitative estimate of drug-likeness (QED) is 0.736. The van der Waals surface area contributed by atoms with Crippen LogP contribution < -0.4 is 14.8 Å². The van der Waals surface area contributed by atoms with Gasteiger partial charge in [0.25, 0.3) is 5.91 Å². The summed E-state index contributed by atoms with van der Waals surface area (Å²) in [5, 5.41) is 2.96. The maximum absolute atomic E-state index is 13.0. The maximum Gasteiger partial charge on any atom is 0.255 e. The predicted molar refractivity (Wildman–Crippen MR) is 111 cm³/mol. The maximum atomic E-state index is 13.0. The monoisotopic (exact) mass is 431 g/mol. The first-order valence-corrected chi connectivity index (χ1v) is 10.7. The van der Waals surface area contributed by atoms with E-state index in [0.29, 0.717) is 69.2 Å². The van der Waals surface area contributed by atoms with Crippen molar-refractivity contribution in [3.05, 3.63) is 23.8 Å². The number of hydrogen-bond acceptors (Lipinski definition) is 6. The molecular weight excluding hydrogens is 402 g/mol. The number of carbonyl (C=O) groups excluding carboxylic acids is 3. The van der Waals surface area contributed by atoms with Gasteiger partial charge in [-0.15, -0.1) is 0 Å². The molecule has 9 nitrogen and oxygen atoms in total. The van der Waals surface area contributed by atoms with E-state index < -0.39 is 5.60 Å². The average Bonchev–Trinajstić information content (AvgIpc) is 3.10. The van der Waals surface area contributed by atoms with E-state index in [1.807, 2.05) is 4.90 Å². The molecule has 31 heavy (non-hydrogen) atoms. The van der Waals surface area contributed by atoms with Crippen molar-refractivity contribution in [2.75, 3.05) is 53.6 Å². The number of fused-ring (bicyclic) bond motifs is 1. The molecule has 0 bridgehead atoms. The molecule has 1 unspecified atom stereocenters. The second-order valence-corrected chi connectivity index (χ2v) is 8.39. The number of likely N-dealkylation sites (tertiary alicyclic amines) is 2. The van der Waals surface area contributed by atoms with Crippen LogP contribution in [-0.4, -0.2) is 86.7 Å². The number of nitrogens with zero attached hydrogens (tertiary/aromatic N) is 2. The van der Waals surface area contributed by atoms with Crippen molar-refractivity contribution in [2.24, 2.45) is 5.92 Å². The van der Waals surface area contributed by atoms with Crippen LogP contribution in [0.25, 0.3) is 0 Å². The molecule has 1 aromatic carbocycles. The number of piperidine rings is 1. The number of carbonyl (C=O) groups is 3. The molecule has 4 rings (SSSR count). The van der Waals surface area contributed by atoms with Gasteiger partial charge < -0.3 is 29.3 Å². The fraction of sp³-hybridized carbons (Fsp3) is 0.591. The Morgan fingerprint density at radius 3 is 2.74 bits per heavy atom. The lowest BCUT2D eigenvalue weighted by atomic mass is 9.90. The average molecular weight is 431 g/mol. The SMILES string of the molecule is COCCN1CC(C(=O)N2CCC3(CC2)CNC(=O)c2ccc(OC)cc2O3)CC1=O. The smallest absolute Gasteiger partial charge is 0.255 e. The summed E-state index contributed by atoms with van der Waals surface area (Å²) < 4.78 is 16.7. The Balaban J connectivity index is 1.40. The van der Waals surface area contributed by atoms with Gasteiger partial charge in [0.1, 0.15) is 17.1 Å². The number of rotatable bonds is 5. The van der Waals surface area contributed by atoms with Crippen molar-refractivity contribution in [1.82, 2.24) is 15.1 Å². The molecular formula is C22H29N3O6. The minimum absolute atomic E-state index is 0.00393. The summed E-state index contributed by atoms with van der Waals surface area (Å²) in [6.07, 6.45) is 1.46. The van der Waals surface area contributed by atoms with Gasteiger partial charge in [-0.1, -0.05) is 0 Å². The Morgan fingerprint density at radius 2 is 2.03 bits per heavy atom. The number of amides is 3. The molecule has 3 amide bonds. The van der Waals surface area contributed by atoms with Crippen LogP contribution in [0.2, 0.25) is 0 Å². The normalized spacial score (nSPS) is 22.6. The molecule has 3 aliphatic rings. The fourth-order valence-corrected chi connectivity index (χ4v) is 4.53. The van der Waals surface area contributed by atoms with Crippen LogP contribution in [0.15, 0.2) is 18.2 Å². The van der Waals surface area contributed by atoms with Gasteiger partial charge in [-0.3, -0.25) is 14.4 Å². The van der Waals surface area contributed by atoms with Crippen molar-refractivity contribution in [2.45, 2.75) is 24.9 Å². The fourth-order valence-electron chi connectivity index (χ4n) is 4.53. The van der Waals surface area contributed by atoms with E-state index in [1.54, 1.807) is 37.3 Å². The van der Waals surface area contributed by atoms with E-state index in [4.69, 9.17) is 14.2 Å². The lowest BCUT2D eigenvalue weighted by molar-refractivity contribution is -0.139. The lowest BCUT2D eigenvalue weighted by Gasteiger charge is -2.41. The van der Waals surface area contributed by atoms with Crippen molar-refractivity contribution in [3.63, 3.8) is 0 Å². The van der Waals surface area contributed by atoms with Crippen LogP contribution in [0.1, 0.15) is 29.6 Å². The highest BCUT2D eigenvalue weighted by Crippen LogP contribution is 2.35. The van der Waals surface area contributed by atoms with Crippen LogP contribution in [0.3, 0.4) is 0 Å². The zero-order chi connectivity index (χ0) is 22.0. The molecule has 2 saturated heterocycles. The molecule has 1 N–H and O–H groups in total. The van der Waals surface area contributed by atoms with E-state index in [9.17, 15) is 14.4 Å². The van der Waals surface area contributed by atoms with E-state index in [2.05, 4.69) is 5.32 Å². The molecule has 3 aliphatic heterocycles.